The zero-order chi connectivity index (χ0) is 19.7. The molecule has 1 saturated carbocycles. The van der Waals surface area contributed by atoms with Crippen LogP contribution in [0.5, 0.6) is 0 Å². The lowest BCUT2D eigenvalue weighted by Crippen LogP contribution is -2.21. The molecule has 1 aliphatic carbocycles. The van der Waals surface area contributed by atoms with Gasteiger partial charge >= 0.3 is 11.9 Å². The number of allylic oxidation sites excluding steroid dienone is 1. The first-order valence-electron chi connectivity index (χ1n) is 7.62. The lowest BCUT2D eigenvalue weighted by Gasteiger charge is -2.11. The zero-order valence-electron chi connectivity index (χ0n) is 14.3. The van der Waals surface area contributed by atoms with E-state index in [0.717, 1.165) is 25.5 Å². The molecule has 5 nitrogen and oxygen atoms in total. The topological polar surface area (TPSA) is 76.7 Å². The normalized spacial score (nSPS) is 24.0. The van der Waals surface area contributed by atoms with Gasteiger partial charge in [-0.25, -0.2) is 13.6 Å². The molecule has 0 amide bonds. The molecule has 1 aliphatic rings. The molecule has 1 fully saturated rings. The first kappa shape index (κ1) is 19.6. The fraction of sp³-hybridized carbons (Fsp3) is 0.444. The van der Waals surface area contributed by atoms with Crippen LogP contribution in [0.4, 0.5) is 13.2 Å². The van der Waals surface area contributed by atoms with Crippen molar-refractivity contribution in [3.63, 3.8) is 0 Å². The summed E-state index contributed by atoms with van der Waals surface area (Å²) in [5.41, 5.74) is -2.07. The van der Waals surface area contributed by atoms with E-state index >= 15 is 0 Å². The van der Waals surface area contributed by atoms with E-state index in [1.54, 1.807) is 13.8 Å². The molecular weight excluding hydrogens is 353 g/mol. The van der Waals surface area contributed by atoms with E-state index in [9.17, 15) is 27.9 Å². The van der Waals surface area contributed by atoms with Crippen molar-refractivity contribution in [3.8, 4) is 11.8 Å². The Morgan fingerprint density at radius 1 is 1.46 bits per heavy atom. The molecule has 1 heterocycles. The molecule has 1 aromatic rings. The van der Waals surface area contributed by atoms with E-state index in [1.165, 1.54) is 0 Å². The van der Waals surface area contributed by atoms with Crippen molar-refractivity contribution in [1.82, 2.24) is 0 Å². The van der Waals surface area contributed by atoms with Crippen LogP contribution >= 0.6 is 0 Å². The van der Waals surface area contributed by atoms with Crippen molar-refractivity contribution in [2.45, 2.75) is 26.7 Å². The molecule has 2 rings (SSSR count). The Morgan fingerprint density at radius 2 is 2.12 bits per heavy atom. The highest BCUT2D eigenvalue weighted by atomic mass is 19.3. The maximum atomic E-state index is 13.8. The maximum Gasteiger partial charge on any atom is 0.366 e. The molecule has 0 aliphatic heterocycles. The molecule has 0 bridgehead atoms. The first-order valence-corrected chi connectivity index (χ1v) is 7.62. The smallest absolute Gasteiger partial charge is 0.366 e. The molecule has 0 unspecified atom stereocenters. The van der Waals surface area contributed by atoms with Gasteiger partial charge in [0.25, 0.3) is 6.43 Å². The number of hydrogen-bond acceptors (Lipinski definition) is 4. The lowest BCUT2D eigenvalue weighted by atomic mass is 9.92. The minimum Gasteiger partial charge on any atom is -0.481 e. The molecule has 26 heavy (non-hydrogen) atoms. The monoisotopic (exact) mass is 370 g/mol. The quantitative estimate of drug-likeness (QED) is 0.486. The molecule has 0 spiro atoms. The summed E-state index contributed by atoms with van der Waals surface area (Å²) in [5, 5.41) is 9.64. The second-order valence-electron chi connectivity index (χ2n) is 6.50. The highest BCUT2D eigenvalue weighted by Gasteiger charge is 2.74. The summed E-state index contributed by atoms with van der Waals surface area (Å²) in [6.45, 7) is 3.25. The van der Waals surface area contributed by atoms with E-state index in [0.29, 0.717) is 0 Å². The number of aliphatic carboxylic acids is 1. The van der Waals surface area contributed by atoms with Gasteiger partial charge in [-0.2, -0.15) is 4.39 Å². The number of carboxylic acid groups (broad SMARTS) is 1. The Kier molecular flexibility index (Phi) is 5.21. The number of furan rings is 1. The minimum absolute atomic E-state index is 0.153. The number of rotatable bonds is 5. The average Bonchev–Trinajstić information content (AvgIpc) is 2.91. The minimum atomic E-state index is -2.77. The largest absolute Gasteiger partial charge is 0.481 e. The number of ether oxygens (including phenoxy) is 1. The third kappa shape index (κ3) is 3.21. The van der Waals surface area contributed by atoms with Gasteiger partial charge < -0.3 is 14.3 Å². The standard InChI is InChI=1S/C18H17F3O5/c1-17(2)13(8-11(19)15(22)25-3)18(17,16(23)24)6-4-5-10-7-12(14(20)21)26-9-10/h7-9,13-14H,6H2,1-3H3,(H,23,24)/b11-8-/t13-,18-/m0/s1. The molecule has 140 valence electrons. The molecule has 1 aromatic heterocycles. The van der Waals surface area contributed by atoms with Crippen LogP contribution in [0.15, 0.2) is 28.6 Å². The summed E-state index contributed by atoms with van der Waals surface area (Å²) in [4.78, 5) is 23.0. The van der Waals surface area contributed by atoms with Crippen molar-refractivity contribution in [1.29, 1.82) is 0 Å². The van der Waals surface area contributed by atoms with Crippen LogP contribution in [0.1, 0.15) is 38.0 Å². The third-order valence-corrected chi connectivity index (χ3v) is 4.88. The van der Waals surface area contributed by atoms with Crippen LogP contribution in [-0.4, -0.2) is 24.2 Å². The number of halogens is 3. The second kappa shape index (κ2) is 6.90. The number of carboxylic acids is 1. The van der Waals surface area contributed by atoms with Gasteiger partial charge in [-0.05, 0) is 11.5 Å². The van der Waals surface area contributed by atoms with Crippen LogP contribution in [0.3, 0.4) is 0 Å². The molecule has 1 N–H and O–H groups in total. The predicted octanol–water partition coefficient (Wildman–Crippen LogP) is 3.71. The highest BCUT2D eigenvalue weighted by molar-refractivity contribution is 5.87. The van der Waals surface area contributed by atoms with E-state index in [-0.39, 0.29) is 12.0 Å². The number of alkyl halides is 2. The SMILES string of the molecule is COC(=O)/C(F)=C/[C@H]1C(C)(C)[C@]1(CC#Cc1coc(C(F)F)c1)C(=O)O. The number of hydrogen-bond donors (Lipinski definition) is 1. The number of carbonyl (C=O) groups excluding carboxylic acids is 1. The molecule has 0 radical (unpaired) electrons. The summed E-state index contributed by atoms with van der Waals surface area (Å²) < 4.78 is 47.6. The highest BCUT2D eigenvalue weighted by Crippen LogP contribution is 2.71. The molecular formula is C18H17F3O5. The first-order chi connectivity index (χ1) is 12.1. The molecule has 0 aromatic carbocycles. The fourth-order valence-corrected chi connectivity index (χ4v) is 3.20. The number of methoxy groups -OCH3 is 1. The van der Waals surface area contributed by atoms with Crippen molar-refractivity contribution in [2.24, 2.45) is 16.7 Å². The van der Waals surface area contributed by atoms with Crippen LogP contribution in [0.2, 0.25) is 0 Å². The average molecular weight is 370 g/mol. The van der Waals surface area contributed by atoms with Crippen molar-refractivity contribution >= 4 is 11.9 Å². The Bertz CT molecular complexity index is 812. The molecule has 8 heteroatoms. The number of carbonyl (C=O) groups is 2. The lowest BCUT2D eigenvalue weighted by molar-refractivity contribution is -0.145. The van der Waals surface area contributed by atoms with E-state index in [4.69, 9.17) is 0 Å². The summed E-state index contributed by atoms with van der Waals surface area (Å²) in [5.74, 6) is 0.361. The fourth-order valence-electron chi connectivity index (χ4n) is 3.20. The Labute approximate surface area is 147 Å². The summed E-state index contributed by atoms with van der Waals surface area (Å²) >= 11 is 0. The van der Waals surface area contributed by atoms with Gasteiger partial charge in [0, 0.05) is 18.4 Å². The van der Waals surface area contributed by atoms with Crippen molar-refractivity contribution < 1.29 is 37.0 Å². The van der Waals surface area contributed by atoms with Crippen LogP contribution in [0, 0.1) is 28.6 Å². The predicted molar refractivity (Wildman–Crippen MR) is 83.7 cm³/mol. The van der Waals surface area contributed by atoms with Crippen LogP contribution in [-0.2, 0) is 14.3 Å². The van der Waals surface area contributed by atoms with E-state index < -0.39 is 46.7 Å². The van der Waals surface area contributed by atoms with E-state index in [2.05, 4.69) is 21.0 Å². The van der Waals surface area contributed by atoms with Gasteiger partial charge in [0.05, 0.1) is 18.1 Å². The summed E-state index contributed by atoms with van der Waals surface area (Å²) in [6, 6.07) is 1.07. The number of esters is 1. The van der Waals surface area contributed by atoms with Gasteiger partial charge in [-0.3, -0.25) is 4.79 Å². The Balaban J connectivity index is 2.25. The van der Waals surface area contributed by atoms with E-state index in [1.807, 2.05) is 0 Å². The summed E-state index contributed by atoms with van der Waals surface area (Å²) in [6.07, 6.45) is -0.933. The van der Waals surface area contributed by atoms with Gasteiger partial charge in [0.1, 0.15) is 6.26 Å². The third-order valence-electron chi connectivity index (χ3n) is 4.88. The Hall–Kier alpha value is -2.69. The molecule has 2 atom stereocenters. The van der Waals surface area contributed by atoms with Gasteiger partial charge in [0.15, 0.2) is 5.76 Å². The van der Waals surface area contributed by atoms with Crippen molar-refractivity contribution in [2.75, 3.05) is 7.11 Å². The van der Waals surface area contributed by atoms with Gasteiger partial charge in [-0.15, -0.1) is 0 Å². The second-order valence-corrected chi connectivity index (χ2v) is 6.50. The van der Waals surface area contributed by atoms with Crippen LogP contribution < -0.4 is 0 Å². The van der Waals surface area contributed by atoms with Gasteiger partial charge in [-0.1, -0.05) is 25.7 Å². The maximum absolute atomic E-state index is 13.8. The van der Waals surface area contributed by atoms with Crippen LogP contribution in [0.25, 0.3) is 0 Å². The van der Waals surface area contributed by atoms with Crippen molar-refractivity contribution in [3.05, 3.63) is 35.6 Å². The summed E-state index contributed by atoms with van der Waals surface area (Å²) in [7, 11) is 1.02. The molecule has 0 saturated heterocycles. The Morgan fingerprint density at radius 3 is 2.62 bits per heavy atom. The van der Waals surface area contributed by atoms with Gasteiger partial charge in [0.2, 0.25) is 5.83 Å². The zero-order valence-corrected chi connectivity index (χ0v) is 14.3.